The molecular formula is C9H10ClNO2S. The summed E-state index contributed by atoms with van der Waals surface area (Å²) in [5, 5.41) is 0.254. The van der Waals surface area contributed by atoms with Gasteiger partial charge in [0.05, 0.1) is 4.90 Å². The molecule has 0 radical (unpaired) electrons. The van der Waals surface area contributed by atoms with Gasteiger partial charge in [-0.3, -0.25) is 0 Å². The Morgan fingerprint density at radius 2 is 1.93 bits per heavy atom. The largest absolute Gasteiger partial charge is 0.240 e. The third-order valence-electron chi connectivity index (χ3n) is 1.51. The van der Waals surface area contributed by atoms with Crippen molar-refractivity contribution in [3.8, 4) is 0 Å². The third kappa shape index (κ3) is 3.14. The van der Waals surface area contributed by atoms with E-state index in [-0.39, 0.29) is 16.5 Å². The van der Waals surface area contributed by atoms with E-state index in [0.717, 1.165) is 0 Å². The molecule has 1 rings (SSSR count). The van der Waals surface area contributed by atoms with Crippen molar-refractivity contribution in [2.24, 2.45) is 0 Å². The minimum Gasteiger partial charge on any atom is -0.207 e. The summed E-state index contributed by atoms with van der Waals surface area (Å²) in [5.74, 6) is 0. The highest BCUT2D eigenvalue weighted by Crippen LogP contribution is 2.07. The first-order valence-electron chi connectivity index (χ1n) is 3.90. The molecule has 76 valence electrons. The van der Waals surface area contributed by atoms with Crippen LogP contribution in [0.4, 0.5) is 0 Å². The van der Waals surface area contributed by atoms with Crippen LogP contribution < -0.4 is 4.72 Å². The molecule has 1 N–H and O–H groups in total. The van der Waals surface area contributed by atoms with Gasteiger partial charge in [-0.1, -0.05) is 36.4 Å². The second-order valence-electron chi connectivity index (χ2n) is 2.65. The minimum atomic E-state index is -3.45. The molecule has 0 aromatic heterocycles. The molecular weight excluding hydrogens is 222 g/mol. The monoisotopic (exact) mass is 231 g/mol. The molecule has 0 fully saturated rings. The highest BCUT2D eigenvalue weighted by molar-refractivity contribution is 7.89. The van der Waals surface area contributed by atoms with Gasteiger partial charge in [0.1, 0.15) is 0 Å². The molecule has 1 aromatic carbocycles. The first-order valence-corrected chi connectivity index (χ1v) is 5.76. The van der Waals surface area contributed by atoms with Crippen LogP contribution in [0.25, 0.3) is 0 Å². The van der Waals surface area contributed by atoms with Crippen LogP contribution in [0, 0.1) is 0 Å². The zero-order chi connectivity index (χ0) is 10.6. The molecule has 3 nitrogen and oxygen atoms in total. The Morgan fingerprint density at radius 1 is 1.36 bits per heavy atom. The molecule has 0 amide bonds. The minimum absolute atomic E-state index is 0.0405. The van der Waals surface area contributed by atoms with E-state index < -0.39 is 10.0 Å². The van der Waals surface area contributed by atoms with Gasteiger partial charge in [-0.2, -0.15) is 0 Å². The standard InChI is InChI=1S/C9H10ClNO2S/c1-8(10)7-11-14(12,13)9-5-3-2-4-6-9/h2-6,11H,1,7H2. The Kier molecular flexibility index (Phi) is 3.69. The van der Waals surface area contributed by atoms with E-state index in [1.807, 2.05) is 0 Å². The highest BCUT2D eigenvalue weighted by Gasteiger charge is 2.11. The maximum Gasteiger partial charge on any atom is 0.240 e. The third-order valence-corrected chi connectivity index (χ3v) is 3.06. The van der Waals surface area contributed by atoms with Crippen LogP contribution in [0.1, 0.15) is 0 Å². The van der Waals surface area contributed by atoms with E-state index in [1.165, 1.54) is 12.1 Å². The van der Waals surface area contributed by atoms with Crippen LogP contribution in [0.3, 0.4) is 0 Å². The zero-order valence-electron chi connectivity index (χ0n) is 7.40. The second kappa shape index (κ2) is 4.59. The molecule has 0 saturated carbocycles. The van der Waals surface area contributed by atoms with Crippen molar-refractivity contribution in [2.45, 2.75) is 4.90 Å². The van der Waals surface area contributed by atoms with Gasteiger partial charge in [0, 0.05) is 11.6 Å². The van der Waals surface area contributed by atoms with Gasteiger partial charge in [0.2, 0.25) is 10.0 Å². The van der Waals surface area contributed by atoms with Gasteiger partial charge in [0.25, 0.3) is 0 Å². The van der Waals surface area contributed by atoms with E-state index in [0.29, 0.717) is 0 Å². The molecule has 0 aliphatic carbocycles. The lowest BCUT2D eigenvalue weighted by atomic mass is 10.4. The molecule has 0 bridgehead atoms. The predicted octanol–water partition coefficient (Wildman–Crippen LogP) is 1.72. The van der Waals surface area contributed by atoms with Crippen LogP contribution >= 0.6 is 11.6 Å². The van der Waals surface area contributed by atoms with Crippen LogP contribution in [0.5, 0.6) is 0 Å². The smallest absolute Gasteiger partial charge is 0.207 e. The first kappa shape index (κ1) is 11.2. The van der Waals surface area contributed by atoms with Crippen molar-refractivity contribution in [1.82, 2.24) is 4.72 Å². The number of rotatable bonds is 4. The Bertz CT molecular complexity index is 414. The van der Waals surface area contributed by atoms with Gasteiger partial charge in [0.15, 0.2) is 0 Å². The highest BCUT2D eigenvalue weighted by atomic mass is 35.5. The Hall–Kier alpha value is -0.840. The van der Waals surface area contributed by atoms with Crippen molar-refractivity contribution in [2.75, 3.05) is 6.54 Å². The fraction of sp³-hybridized carbons (Fsp3) is 0.111. The van der Waals surface area contributed by atoms with Gasteiger partial charge in [-0.25, -0.2) is 13.1 Å². The normalized spacial score (nSPS) is 11.2. The fourth-order valence-electron chi connectivity index (χ4n) is 0.856. The zero-order valence-corrected chi connectivity index (χ0v) is 8.98. The number of sulfonamides is 1. The molecule has 0 aliphatic rings. The topological polar surface area (TPSA) is 46.2 Å². The van der Waals surface area contributed by atoms with Crippen molar-refractivity contribution < 1.29 is 8.42 Å². The molecule has 1 aromatic rings. The summed E-state index contributed by atoms with van der Waals surface area (Å²) < 4.78 is 25.4. The lowest BCUT2D eigenvalue weighted by Gasteiger charge is -2.04. The summed E-state index contributed by atoms with van der Waals surface area (Å²) in [5.41, 5.74) is 0. The van der Waals surface area contributed by atoms with Crippen molar-refractivity contribution in [3.05, 3.63) is 41.9 Å². The molecule has 0 atom stereocenters. The van der Waals surface area contributed by atoms with Crippen molar-refractivity contribution in [3.63, 3.8) is 0 Å². The van der Waals surface area contributed by atoms with E-state index >= 15 is 0 Å². The quantitative estimate of drug-likeness (QED) is 0.858. The van der Waals surface area contributed by atoms with Gasteiger partial charge in [-0.15, -0.1) is 0 Å². The van der Waals surface area contributed by atoms with Gasteiger partial charge < -0.3 is 0 Å². The van der Waals surface area contributed by atoms with Crippen LogP contribution in [-0.4, -0.2) is 15.0 Å². The van der Waals surface area contributed by atoms with Crippen molar-refractivity contribution >= 4 is 21.6 Å². The SMILES string of the molecule is C=C(Cl)CNS(=O)(=O)c1ccccc1. The fourth-order valence-corrected chi connectivity index (χ4v) is 2.05. The summed E-state index contributed by atoms with van der Waals surface area (Å²) in [6.07, 6.45) is 0. The number of benzene rings is 1. The van der Waals surface area contributed by atoms with E-state index in [1.54, 1.807) is 18.2 Å². The Balaban J connectivity index is 2.82. The van der Waals surface area contributed by atoms with Crippen LogP contribution in [0.15, 0.2) is 46.8 Å². The van der Waals surface area contributed by atoms with Crippen LogP contribution in [-0.2, 0) is 10.0 Å². The first-order chi connectivity index (χ1) is 6.52. The van der Waals surface area contributed by atoms with E-state index in [2.05, 4.69) is 11.3 Å². The predicted molar refractivity (Wildman–Crippen MR) is 56.6 cm³/mol. The maximum absolute atomic E-state index is 11.5. The van der Waals surface area contributed by atoms with Crippen molar-refractivity contribution in [1.29, 1.82) is 0 Å². The summed E-state index contributed by atoms with van der Waals surface area (Å²) in [4.78, 5) is 0.220. The molecule has 0 saturated heterocycles. The molecule has 0 aliphatic heterocycles. The molecule has 0 heterocycles. The molecule has 14 heavy (non-hydrogen) atoms. The second-order valence-corrected chi connectivity index (χ2v) is 4.96. The number of hydrogen-bond donors (Lipinski definition) is 1. The Labute approximate surface area is 88.5 Å². The maximum atomic E-state index is 11.5. The molecule has 0 unspecified atom stereocenters. The summed E-state index contributed by atoms with van der Waals surface area (Å²) in [7, 11) is -3.45. The van der Waals surface area contributed by atoms with Gasteiger partial charge in [-0.05, 0) is 12.1 Å². The molecule has 0 spiro atoms. The lowest BCUT2D eigenvalue weighted by Crippen LogP contribution is -2.24. The summed E-state index contributed by atoms with van der Waals surface area (Å²) >= 11 is 5.45. The number of nitrogens with one attached hydrogen (secondary N) is 1. The number of halogens is 1. The van der Waals surface area contributed by atoms with E-state index in [4.69, 9.17) is 11.6 Å². The lowest BCUT2D eigenvalue weighted by molar-refractivity contribution is 0.585. The van der Waals surface area contributed by atoms with Gasteiger partial charge >= 0.3 is 0 Å². The Morgan fingerprint density at radius 3 is 2.43 bits per heavy atom. The van der Waals surface area contributed by atoms with Crippen LogP contribution in [0.2, 0.25) is 0 Å². The average molecular weight is 232 g/mol. The average Bonchev–Trinajstić information content (AvgIpc) is 2.16. The summed E-state index contributed by atoms with van der Waals surface area (Å²) in [6, 6.07) is 8.09. The summed E-state index contributed by atoms with van der Waals surface area (Å²) in [6.45, 7) is 3.43. The molecule has 5 heteroatoms. The number of hydrogen-bond acceptors (Lipinski definition) is 2. The van der Waals surface area contributed by atoms with E-state index in [9.17, 15) is 8.42 Å².